The number of anilines is 1. The summed E-state index contributed by atoms with van der Waals surface area (Å²) in [4.78, 5) is 6.36. The van der Waals surface area contributed by atoms with Crippen LogP contribution in [0.2, 0.25) is 0 Å². The molecule has 3 heterocycles. The van der Waals surface area contributed by atoms with Crippen LogP contribution in [0.3, 0.4) is 0 Å². The number of methoxy groups -OCH3 is 1. The van der Waals surface area contributed by atoms with E-state index in [1.165, 1.54) is 70.5 Å². The highest BCUT2D eigenvalue weighted by molar-refractivity contribution is 5.51. The van der Waals surface area contributed by atoms with Gasteiger partial charge in [-0.05, 0) is 44.7 Å². The number of rotatable bonds is 4. The van der Waals surface area contributed by atoms with Gasteiger partial charge >= 0.3 is 0 Å². The van der Waals surface area contributed by atoms with Gasteiger partial charge in [-0.3, -0.25) is 0 Å². The maximum absolute atomic E-state index is 5.42. The molecular weight excluding hydrogens is 322 g/mol. The number of quaternary nitrogens is 2. The van der Waals surface area contributed by atoms with E-state index in [-0.39, 0.29) is 0 Å². The van der Waals surface area contributed by atoms with Gasteiger partial charge in [-0.15, -0.1) is 0 Å². The first-order valence-corrected chi connectivity index (χ1v) is 10.8. The maximum Gasteiger partial charge on any atom is 0.120 e. The molecule has 4 heteroatoms. The van der Waals surface area contributed by atoms with Crippen LogP contribution in [0.1, 0.15) is 39.0 Å². The van der Waals surface area contributed by atoms with E-state index in [0.29, 0.717) is 6.04 Å². The van der Waals surface area contributed by atoms with Gasteiger partial charge in [0.15, 0.2) is 0 Å². The Morgan fingerprint density at radius 1 is 1.12 bits per heavy atom. The molecule has 0 spiro atoms. The van der Waals surface area contributed by atoms with Crippen LogP contribution >= 0.6 is 0 Å². The standard InChI is InChI=1S/C22H35N3O/c1-18-16-23(13-14-25(18)20-8-5-9-21(15-20)26-2)17-19-7-6-12-24-11-4-3-10-22(19)24/h5,8-9,15,18-19,22H,3-4,6-7,10-14,16-17H2,1-2H3/p+2. The summed E-state index contributed by atoms with van der Waals surface area (Å²) in [6.45, 7) is 10.4. The van der Waals surface area contributed by atoms with Crippen LogP contribution in [0.5, 0.6) is 5.75 Å². The van der Waals surface area contributed by atoms with E-state index in [4.69, 9.17) is 4.74 Å². The lowest BCUT2D eigenvalue weighted by atomic mass is 9.83. The average Bonchev–Trinajstić information content (AvgIpc) is 2.68. The van der Waals surface area contributed by atoms with Crippen LogP contribution in [-0.4, -0.2) is 58.5 Å². The molecule has 26 heavy (non-hydrogen) atoms. The van der Waals surface area contributed by atoms with E-state index in [1.807, 2.05) is 15.9 Å². The highest BCUT2D eigenvalue weighted by atomic mass is 16.5. The third-order valence-electron chi connectivity index (χ3n) is 7.19. The Morgan fingerprint density at radius 2 is 2.00 bits per heavy atom. The number of nitrogens with one attached hydrogen (secondary N) is 2. The summed E-state index contributed by atoms with van der Waals surface area (Å²) in [5.41, 5.74) is 1.32. The molecule has 144 valence electrons. The minimum absolute atomic E-state index is 0.601. The molecule has 0 radical (unpaired) electrons. The van der Waals surface area contributed by atoms with Crippen molar-refractivity contribution in [1.82, 2.24) is 0 Å². The van der Waals surface area contributed by atoms with Gasteiger partial charge in [0.1, 0.15) is 5.75 Å². The van der Waals surface area contributed by atoms with Gasteiger partial charge < -0.3 is 19.4 Å². The third kappa shape index (κ3) is 3.86. The van der Waals surface area contributed by atoms with Gasteiger partial charge in [-0.2, -0.15) is 0 Å². The topological polar surface area (TPSA) is 21.4 Å². The summed E-state index contributed by atoms with van der Waals surface area (Å²) in [6, 6.07) is 10.1. The van der Waals surface area contributed by atoms with Crippen LogP contribution in [0, 0.1) is 5.92 Å². The molecule has 1 aromatic rings. The average molecular weight is 360 g/mol. The Kier molecular flexibility index (Phi) is 5.70. The molecule has 0 amide bonds. The molecule has 3 fully saturated rings. The zero-order chi connectivity index (χ0) is 17.9. The van der Waals surface area contributed by atoms with E-state index in [1.54, 1.807) is 7.11 Å². The lowest BCUT2D eigenvalue weighted by Gasteiger charge is -2.44. The minimum atomic E-state index is 0.601. The zero-order valence-electron chi connectivity index (χ0n) is 16.7. The number of benzene rings is 1. The van der Waals surface area contributed by atoms with E-state index in [0.717, 1.165) is 24.3 Å². The van der Waals surface area contributed by atoms with Gasteiger partial charge in [0.2, 0.25) is 0 Å². The lowest BCUT2D eigenvalue weighted by Crippen LogP contribution is -3.21. The SMILES string of the molecule is COc1cccc(N2CC[NH+](CC3CCC[NH+]4CCCCC34)CC2C)c1. The predicted octanol–water partition coefficient (Wildman–Crippen LogP) is 0.636. The van der Waals surface area contributed by atoms with E-state index in [9.17, 15) is 0 Å². The molecule has 5 unspecified atom stereocenters. The first kappa shape index (κ1) is 18.1. The van der Waals surface area contributed by atoms with Crippen LogP contribution in [0.25, 0.3) is 0 Å². The van der Waals surface area contributed by atoms with Crippen molar-refractivity contribution in [3.8, 4) is 5.75 Å². The molecule has 4 rings (SSSR count). The molecule has 4 nitrogen and oxygen atoms in total. The van der Waals surface area contributed by atoms with Gasteiger partial charge in [-0.1, -0.05) is 6.07 Å². The van der Waals surface area contributed by atoms with Crippen molar-refractivity contribution in [1.29, 1.82) is 0 Å². The van der Waals surface area contributed by atoms with E-state index in [2.05, 4.69) is 30.0 Å². The molecule has 5 atom stereocenters. The van der Waals surface area contributed by atoms with Crippen LogP contribution in [-0.2, 0) is 0 Å². The fourth-order valence-electron chi connectivity index (χ4n) is 5.88. The Labute approximate surface area is 159 Å². The Bertz CT molecular complexity index is 591. The van der Waals surface area contributed by atoms with Gasteiger partial charge in [0, 0.05) is 18.2 Å². The number of hydrogen-bond donors (Lipinski definition) is 2. The van der Waals surface area contributed by atoms with Crippen LogP contribution < -0.4 is 19.4 Å². The number of nitrogens with zero attached hydrogens (tertiary/aromatic N) is 1. The Hall–Kier alpha value is -1.26. The van der Waals surface area contributed by atoms with Crippen molar-refractivity contribution in [3.63, 3.8) is 0 Å². The van der Waals surface area contributed by atoms with Gasteiger partial charge in [-0.25, -0.2) is 0 Å². The zero-order valence-corrected chi connectivity index (χ0v) is 16.7. The molecule has 0 saturated carbocycles. The molecule has 3 aliphatic heterocycles. The first-order valence-electron chi connectivity index (χ1n) is 10.8. The number of piperidine rings is 2. The van der Waals surface area contributed by atoms with Crippen LogP contribution in [0.4, 0.5) is 5.69 Å². The predicted molar refractivity (Wildman–Crippen MR) is 106 cm³/mol. The molecule has 2 N–H and O–H groups in total. The minimum Gasteiger partial charge on any atom is -0.497 e. The second-order valence-electron chi connectivity index (χ2n) is 8.81. The monoisotopic (exact) mass is 359 g/mol. The van der Waals surface area contributed by atoms with Crippen molar-refractivity contribution < 1.29 is 14.5 Å². The molecule has 1 aromatic carbocycles. The Balaban J connectivity index is 1.36. The molecule has 0 aromatic heterocycles. The summed E-state index contributed by atoms with van der Waals surface area (Å²) >= 11 is 0. The molecule has 0 aliphatic carbocycles. The van der Waals surface area contributed by atoms with Crippen molar-refractivity contribution in [2.24, 2.45) is 5.92 Å². The lowest BCUT2D eigenvalue weighted by molar-refractivity contribution is -0.954. The van der Waals surface area contributed by atoms with Crippen molar-refractivity contribution >= 4 is 5.69 Å². The van der Waals surface area contributed by atoms with Crippen molar-refractivity contribution in [2.75, 3.05) is 51.3 Å². The highest BCUT2D eigenvalue weighted by Crippen LogP contribution is 2.23. The highest BCUT2D eigenvalue weighted by Gasteiger charge is 2.39. The Morgan fingerprint density at radius 3 is 2.85 bits per heavy atom. The molecular formula is C22H37N3O+2. The summed E-state index contributed by atoms with van der Waals surface area (Å²) in [7, 11) is 1.76. The number of fused-ring (bicyclic) bond motifs is 1. The fourth-order valence-corrected chi connectivity index (χ4v) is 5.88. The molecule has 0 bridgehead atoms. The number of piperazine rings is 1. The largest absolute Gasteiger partial charge is 0.497 e. The van der Waals surface area contributed by atoms with Crippen molar-refractivity contribution in [2.45, 2.75) is 51.1 Å². The molecule has 3 saturated heterocycles. The summed E-state index contributed by atoms with van der Waals surface area (Å²) in [6.07, 6.45) is 7.35. The van der Waals surface area contributed by atoms with Gasteiger partial charge in [0.25, 0.3) is 0 Å². The van der Waals surface area contributed by atoms with E-state index < -0.39 is 0 Å². The first-order chi connectivity index (χ1) is 12.7. The summed E-state index contributed by atoms with van der Waals surface area (Å²) in [5, 5.41) is 0. The summed E-state index contributed by atoms with van der Waals surface area (Å²) in [5.74, 6) is 1.93. The smallest absolute Gasteiger partial charge is 0.120 e. The second kappa shape index (κ2) is 8.18. The van der Waals surface area contributed by atoms with Gasteiger partial charge in [0.05, 0.1) is 64.4 Å². The number of ether oxygens (including phenoxy) is 1. The van der Waals surface area contributed by atoms with Crippen molar-refractivity contribution in [3.05, 3.63) is 24.3 Å². The maximum atomic E-state index is 5.42. The quantitative estimate of drug-likeness (QED) is 0.823. The summed E-state index contributed by atoms with van der Waals surface area (Å²) < 4.78 is 5.42. The van der Waals surface area contributed by atoms with E-state index >= 15 is 0 Å². The number of hydrogen-bond acceptors (Lipinski definition) is 2. The normalized spacial score (nSPS) is 35.0. The molecule has 3 aliphatic rings. The fraction of sp³-hybridized carbons (Fsp3) is 0.727. The third-order valence-corrected chi connectivity index (χ3v) is 7.19. The second-order valence-corrected chi connectivity index (χ2v) is 8.81. The van der Waals surface area contributed by atoms with Crippen LogP contribution in [0.15, 0.2) is 24.3 Å².